The lowest BCUT2D eigenvalue weighted by molar-refractivity contribution is -0.118. The molecule has 1 unspecified atom stereocenters. The molecule has 1 aliphatic carbocycles. The van der Waals surface area contributed by atoms with Crippen LogP contribution in [-0.4, -0.2) is 40.4 Å². The second kappa shape index (κ2) is 7.71. The second-order valence-corrected chi connectivity index (χ2v) is 9.10. The summed E-state index contributed by atoms with van der Waals surface area (Å²) in [5.74, 6) is 1.88. The van der Waals surface area contributed by atoms with E-state index in [-0.39, 0.29) is 11.8 Å². The Bertz CT molecular complexity index is 1480. The first-order valence-electron chi connectivity index (χ1n) is 11.4. The Labute approximate surface area is 201 Å². The Morgan fingerprint density at radius 3 is 2.80 bits per heavy atom. The van der Waals surface area contributed by atoms with Crippen molar-refractivity contribution in [1.82, 2.24) is 15.2 Å². The molecule has 0 saturated heterocycles. The average Bonchev–Trinajstić information content (AvgIpc) is 3.42. The van der Waals surface area contributed by atoms with E-state index in [0.717, 1.165) is 39.9 Å². The van der Waals surface area contributed by atoms with Crippen LogP contribution in [0, 0.1) is 0 Å². The summed E-state index contributed by atoms with van der Waals surface area (Å²) in [5.41, 5.74) is 4.51. The molecule has 1 spiro atoms. The molecule has 3 atom stereocenters. The van der Waals surface area contributed by atoms with E-state index in [4.69, 9.17) is 9.47 Å². The minimum atomic E-state index is -0.656. The van der Waals surface area contributed by atoms with E-state index in [2.05, 4.69) is 37.9 Å². The molecule has 2 aromatic carbocycles. The summed E-state index contributed by atoms with van der Waals surface area (Å²) in [4.78, 5) is 17.3. The molecule has 9 heteroatoms. The van der Waals surface area contributed by atoms with Crippen molar-refractivity contribution in [3.05, 3.63) is 65.4 Å². The number of anilines is 3. The molecule has 1 saturated carbocycles. The van der Waals surface area contributed by atoms with Crippen molar-refractivity contribution in [1.29, 1.82) is 0 Å². The van der Waals surface area contributed by atoms with Gasteiger partial charge in [-0.2, -0.15) is 5.10 Å². The number of fused-ring (bicyclic) bond motifs is 3. The van der Waals surface area contributed by atoms with E-state index in [1.54, 1.807) is 33.4 Å². The summed E-state index contributed by atoms with van der Waals surface area (Å²) in [6.45, 7) is 1.68. The van der Waals surface area contributed by atoms with Crippen molar-refractivity contribution >= 4 is 34.0 Å². The molecule has 2 aliphatic rings. The van der Waals surface area contributed by atoms with Gasteiger partial charge in [0.05, 0.1) is 31.3 Å². The van der Waals surface area contributed by atoms with Gasteiger partial charge in [0.15, 0.2) is 5.82 Å². The van der Waals surface area contributed by atoms with Crippen LogP contribution in [0.15, 0.2) is 48.7 Å². The number of nitrogens with zero attached hydrogens (tertiary/aromatic N) is 2. The maximum atomic E-state index is 13.0. The van der Waals surface area contributed by atoms with Crippen LogP contribution in [-0.2, 0) is 10.2 Å². The Morgan fingerprint density at radius 2 is 2.03 bits per heavy atom. The minimum absolute atomic E-state index is 0.0374. The zero-order valence-electron chi connectivity index (χ0n) is 19.5. The fourth-order valence-corrected chi connectivity index (χ4v) is 5.12. The molecule has 2 aromatic heterocycles. The normalized spacial score (nSPS) is 21.0. The van der Waals surface area contributed by atoms with Crippen LogP contribution in [0.1, 0.15) is 42.1 Å². The zero-order chi connectivity index (χ0) is 24.3. The van der Waals surface area contributed by atoms with Gasteiger partial charge in [-0.1, -0.05) is 6.07 Å². The Hall–Kier alpha value is -4.11. The highest BCUT2D eigenvalue weighted by atomic mass is 16.5. The standard InChI is InChI=1S/C26H25N5O4/c1-13(32)15-9-22(24(35-3)27-12-15)28-23-17-6-4-14(8-21(17)30-31-23)19-11-26(19)18-10-16(34-2)5-7-20(18)29-25(26)33/h4-10,12-13,19,32H,11H2,1-3H3,(H,29,33)(H2,28,30,31)/t13?,19-,26-/m0/s1. The molecule has 4 aromatic rings. The number of amides is 1. The number of carbonyl (C=O) groups is 1. The topological polar surface area (TPSA) is 121 Å². The molecular weight excluding hydrogens is 446 g/mol. The van der Waals surface area contributed by atoms with Gasteiger partial charge in [0.1, 0.15) is 11.4 Å². The number of rotatable bonds is 6. The van der Waals surface area contributed by atoms with Crippen LogP contribution in [0.5, 0.6) is 11.6 Å². The van der Waals surface area contributed by atoms with E-state index in [0.29, 0.717) is 22.9 Å². The van der Waals surface area contributed by atoms with Crippen molar-refractivity contribution in [2.45, 2.75) is 30.8 Å². The van der Waals surface area contributed by atoms with Crippen molar-refractivity contribution in [2.75, 3.05) is 24.9 Å². The number of hydrogen-bond donors (Lipinski definition) is 4. The summed E-state index contributed by atoms with van der Waals surface area (Å²) in [7, 11) is 3.18. The number of H-pyrrole nitrogens is 1. The third-order valence-corrected chi connectivity index (χ3v) is 7.11. The molecule has 1 aliphatic heterocycles. The van der Waals surface area contributed by atoms with Crippen LogP contribution in [0.3, 0.4) is 0 Å². The predicted octanol–water partition coefficient (Wildman–Crippen LogP) is 4.15. The van der Waals surface area contributed by atoms with E-state index < -0.39 is 11.5 Å². The molecule has 178 valence electrons. The number of nitrogens with one attached hydrogen (secondary N) is 3. The largest absolute Gasteiger partial charge is 0.497 e. The Balaban J connectivity index is 1.32. The number of aliphatic hydroxyl groups is 1. The van der Waals surface area contributed by atoms with Gasteiger partial charge in [-0.3, -0.25) is 9.89 Å². The van der Waals surface area contributed by atoms with Gasteiger partial charge < -0.3 is 25.2 Å². The molecule has 6 rings (SSSR count). The first-order valence-corrected chi connectivity index (χ1v) is 11.4. The number of hydrogen-bond acceptors (Lipinski definition) is 7. The first kappa shape index (κ1) is 21.4. The number of methoxy groups -OCH3 is 2. The van der Waals surface area contributed by atoms with Crippen molar-refractivity contribution in [3.63, 3.8) is 0 Å². The molecule has 35 heavy (non-hydrogen) atoms. The number of ether oxygens (including phenoxy) is 2. The molecule has 1 amide bonds. The highest BCUT2D eigenvalue weighted by Crippen LogP contribution is 2.65. The third-order valence-electron chi connectivity index (χ3n) is 7.11. The lowest BCUT2D eigenvalue weighted by Crippen LogP contribution is -2.21. The summed E-state index contributed by atoms with van der Waals surface area (Å²) >= 11 is 0. The van der Waals surface area contributed by atoms with Crippen molar-refractivity contribution < 1.29 is 19.4 Å². The highest BCUT2D eigenvalue weighted by molar-refractivity contribution is 6.10. The maximum absolute atomic E-state index is 13.0. The van der Waals surface area contributed by atoms with Gasteiger partial charge in [-0.15, -0.1) is 0 Å². The molecular formula is C26H25N5O4. The number of aromatic amines is 1. The van der Waals surface area contributed by atoms with Crippen molar-refractivity contribution in [2.24, 2.45) is 0 Å². The molecule has 9 nitrogen and oxygen atoms in total. The van der Waals surface area contributed by atoms with E-state index >= 15 is 0 Å². The molecule has 4 N–H and O–H groups in total. The van der Waals surface area contributed by atoms with Gasteiger partial charge in [0.25, 0.3) is 0 Å². The summed E-state index contributed by atoms with van der Waals surface area (Å²) in [5, 5.41) is 24.7. The fourth-order valence-electron chi connectivity index (χ4n) is 5.12. The van der Waals surface area contributed by atoms with Crippen LogP contribution < -0.4 is 20.1 Å². The summed E-state index contributed by atoms with van der Waals surface area (Å²) in [6.07, 6.45) is 1.68. The number of pyridine rings is 1. The lowest BCUT2D eigenvalue weighted by Gasteiger charge is -2.12. The lowest BCUT2D eigenvalue weighted by atomic mass is 9.91. The fraction of sp³-hybridized carbons (Fsp3) is 0.269. The Morgan fingerprint density at radius 1 is 1.17 bits per heavy atom. The highest BCUT2D eigenvalue weighted by Gasteiger charge is 2.65. The molecule has 0 radical (unpaired) electrons. The van der Waals surface area contributed by atoms with E-state index in [9.17, 15) is 9.90 Å². The molecule has 1 fully saturated rings. The number of aliphatic hydroxyl groups excluding tert-OH is 1. The van der Waals surface area contributed by atoms with Gasteiger partial charge >= 0.3 is 0 Å². The second-order valence-electron chi connectivity index (χ2n) is 9.10. The van der Waals surface area contributed by atoms with Gasteiger partial charge in [-0.05, 0) is 60.9 Å². The summed E-state index contributed by atoms with van der Waals surface area (Å²) in [6, 6.07) is 13.6. The average molecular weight is 472 g/mol. The quantitative estimate of drug-likeness (QED) is 0.333. The zero-order valence-corrected chi connectivity index (χ0v) is 19.5. The van der Waals surface area contributed by atoms with Crippen molar-refractivity contribution in [3.8, 4) is 11.6 Å². The first-order chi connectivity index (χ1) is 16.9. The molecule has 3 heterocycles. The Kier molecular flexibility index (Phi) is 4.72. The van der Waals surface area contributed by atoms with Crippen LogP contribution in [0.4, 0.5) is 17.2 Å². The SMILES string of the molecule is COc1ccc2c(c1)[C@]1(C[C@H]1c1ccc3c(Nc4cc(C(C)O)cnc4OC)n[nH]c3c1)C(=O)N2. The van der Waals surface area contributed by atoms with Gasteiger partial charge in [-0.25, -0.2) is 4.98 Å². The molecule has 0 bridgehead atoms. The van der Waals surface area contributed by atoms with E-state index in [1.807, 2.05) is 24.3 Å². The number of aromatic nitrogens is 3. The monoisotopic (exact) mass is 471 g/mol. The van der Waals surface area contributed by atoms with Crippen LogP contribution in [0.25, 0.3) is 10.9 Å². The van der Waals surface area contributed by atoms with Gasteiger partial charge in [0.2, 0.25) is 11.8 Å². The van der Waals surface area contributed by atoms with E-state index in [1.165, 1.54) is 0 Å². The van der Waals surface area contributed by atoms with Crippen LogP contribution in [0.2, 0.25) is 0 Å². The minimum Gasteiger partial charge on any atom is -0.497 e. The number of benzene rings is 2. The van der Waals surface area contributed by atoms with Crippen LogP contribution >= 0.6 is 0 Å². The predicted molar refractivity (Wildman–Crippen MR) is 131 cm³/mol. The third kappa shape index (κ3) is 3.23. The smallest absolute Gasteiger partial charge is 0.237 e. The number of carbonyl (C=O) groups excluding carboxylic acids is 1. The maximum Gasteiger partial charge on any atom is 0.237 e. The van der Waals surface area contributed by atoms with Gasteiger partial charge in [0, 0.05) is 28.8 Å². The summed E-state index contributed by atoms with van der Waals surface area (Å²) < 4.78 is 10.8.